The number of nitriles is 1. The maximum Gasteiger partial charge on any atom is 0.276 e. The summed E-state index contributed by atoms with van der Waals surface area (Å²) in [5.74, 6) is -0.503. The fourth-order valence-electron chi connectivity index (χ4n) is 2.10. The Morgan fingerprint density at radius 3 is 2.52 bits per heavy atom. The molecule has 2 aromatic carbocycles. The van der Waals surface area contributed by atoms with Crippen LogP contribution in [0.15, 0.2) is 60.7 Å². The van der Waals surface area contributed by atoms with Crippen molar-refractivity contribution in [2.45, 2.75) is 0 Å². The van der Waals surface area contributed by atoms with Crippen molar-refractivity contribution in [3.8, 4) is 6.07 Å². The van der Waals surface area contributed by atoms with Gasteiger partial charge >= 0.3 is 0 Å². The van der Waals surface area contributed by atoms with Crippen LogP contribution in [-0.4, -0.2) is 16.1 Å². The van der Waals surface area contributed by atoms with Crippen LogP contribution in [0.4, 0.5) is 21.6 Å². The van der Waals surface area contributed by atoms with Gasteiger partial charge in [0.2, 0.25) is 0 Å². The zero-order valence-electron chi connectivity index (χ0n) is 12.9. The van der Waals surface area contributed by atoms with E-state index in [9.17, 15) is 9.18 Å². The first kappa shape index (κ1) is 16.1. The minimum atomic E-state index is -0.490. The SMILES string of the molecule is N#Cc1cccc(Nc2ccc(C(=O)Nc3cccc(F)c3)nn2)c1. The van der Waals surface area contributed by atoms with Gasteiger partial charge in [-0.3, -0.25) is 4.79 Å². The molecule has 3 aromatic rings. The van der Waals surface area contributed by atoms with Crippen LogP contribution in [0.5, 0.6) is 0 Å². The molecule has 25 heavy (non-hydrogen) atoms. The minimum Gasteiger partial charge on any atom is -0.339 e. The number of amides is 1. The van der Waals surface area contributed by atoms with Gasteiger partial charge < -0.3 is 10.6 Å². The monoisotopic (exact) mass is 333 g/mol. The molecule has 0 bridgehead atoms. The van der Waals surface area contributed by atoms with Gasteiger partial charge in [-0.15, -0.1) is 10.2 Å². The molecule has 1 aromatic heterocycles. The molecular weight excluding hydrogens is 321 g/mol. The quantitative estimate of drug-likeness (QED) is 0.763. The van der Waals surface area contributed by atoms with Gasteiger partial charge in [0.25, 0.3) is 5.91 Å². The normalized spacial score (nSPS) is 9.92. The Kier molecular flexibility index (Phi) is 4.62. The molecule has 0 fully saturated rings. The fraction of sp³-hybridized carbons (Fsp3) is 0. The molecule has 0 unspecified atom stereocenters. The third kappa shape index (κ3) is 4.14. The summed E-state index contributed by atoms with van der Waals surface area (Å²) >= 11 is 0. The topological polar surface area (TPSA) is 90.7 Å². The smallest absolute Gasteiger partial charge is 0.276 e. The summed E-state index contributed by atoms with van der Waals surface area (Å²) in [5.41, 5.74) is 1.64. The second-order valence-electron chi connectivity index (χ2n) is 5.09. The number of carbonyl (C=O) groups is 1. The number of hydrogen-bond donors (Lipinski definition) is 2. The zero-order chi connectivity index (χ0) is 17.6. The Morgan fingerprint density at radius 1 is 1.00 bits per heavy atom. The molecule has 0 saturated heterocycles. The first-order valence-electron chi connectivity index (χ1n) is 7.32. The third-order valence-corrected chi connectivity index (χ3v) is 3.24. The fourth-order valence-corrected chi connectivity index (χ4v) is 2.10. The maximum absolute atomic E-state index is 13.1. The molecule has 0 aliphatic rings. The number of halogens is 1. The number of carbonyl (C=O) groups excluding carboxylic acids is 1. The maximum atomic E-state index is 13.1. The number of nitrogens with zero attached hydrogens (tertiary/aromatic N) is 3. The second kappa shape index (κ2) is 7.19. The Morgan fingerprint density at radius 2 is 1.80 bits per heavy atom. The molecule has 122 valence electrons. The van der Waals surface area contributed by atoms with E-state index in [1.165, 1.54) is 24.3 Å². The van der Waals surface area contributed by atoms with Crippen LogP contribution in [0.3, 0.4) is 0 Å². The zero-order valence-corrected chi connectivity index (χ0v) is 12.9. The molecule has 0 spiro atoms. The number of anilines is 3. The molecule has 0 aliphatic carbocycles. The predicted molar refractivity (Wildman–Crippen MR) is 90.8 cm³/mol. The summed E-state index contributed by atoms with van der Waals surface area (Å²) in [7, 11) is 0. The third-order valence-electron chi connectivity index (χ3n) is 3.24. The first-order valence-corrected chi connectivity index (χ1v) is 7.32. The Hall–Kier alpha value is -3.79. The number of aromatic nitrogens is 2. The van der Waals surface area contributed by atoms with E-state index in [1.807, 2.05) is 6.07 Å². The van der Waals surface area contributed by atoms with E-state index in [0.29, 0.717) is 22.8 Å². The van der Waals surface area contributed by atoms with E-state index in [0.717, 1.165) is 0 Å². The van der Waals surface area contributed by atoms with Crippen LogP contribution in [0.25, 0.3) is 0 Å². The summed E-state index contributed by atoms with van der Waals surface area (Å²) < 4.78 is 13.1. The molecule has 0 radical (unpaired) electrons. The standard InChI is InChI=1S/C18H12FN5O/c19-13-4-2-6-15(10-13)22-18(25)16-7-8-17(24-23-16)21-14-5-1-3-12(9-14)11-20/h1-10H,(H,21,24)(H,22,25). The highest BCUT2D eigenvalue weighted by Gasteiger charge is 2.09. The van der Waals surface area contributed by atoms with E-state index in [2.05, 4.69) is 20.8 Å². The Labute approximate surface area is 143 Å². The Bertz CT molecular complexity index is 950. The van der Waals surface area contributed by atoms with Crippen molar-refractivity contribution < 1.29 is 9.18 Å². The van der Waals surface area contributed by atoms with Crippen molar-refractivity contribution in [3.63, 3.8) is 0 Å². The minimum absolute atomic E-state index is 0.0978. The van der Waals surface area contributed by atoms with Crippen LogP contribution >= 0.6 is 0 Å². The van der Waals surface area contributed by atoms with Crippen molar-refractivity contribution in [2.24, 2.45) is 0 Å². The second-order valence-corrected chi connectivity index (χ2v) is 5.09. The van der Waals surface area contributed by atoms with Gasteiger partial charge in [0.15, 0.2) is 11.5 Å². The average molecular weight is 333 g/mol. The summed E-state index contributed by atoms with van der Waals surface area (Å²) in [6, 6.07) is 17.6. The van der Waals surface area contributed by atoms with Gasteiger partial charge in [-0.25, -0.2) is 4.39 Å². The molecule has 7 heteroatoms. The van der Waals surface area contributed by atoms with Crippen LogP contribution in [-0.2, 0) is 0 Å². The summed E-state index contributed by atoms with van der Waals surface area (Å²) in [5, 5.41) is 22.2. The van der Waals surface area contributed by atoms with Crippen LogP contribution in [0, 0.1) is 17.1 Å². The highest BCUT2D eigenvalue weighted by Crippen LogP contribution is 2.16. The van der Waals surface area contributed by atoms with E-state index in [-0.39, 0.29) is 5.69 Å². The van der Waals surface area contributed by atoms with E-state index < -0.39 is 11.7 Å². The Balaban J connectivity index is 1.69. The largest absolute Gasteiger partial charge is 0.339 e. The van der Waals surface area contributed by atoms with Crippen molar-refractivity contribution in [3.05, 3.63) is 77.7 Å². The number of nitrogens with one attached hydrogen (secondary N) is 2. The number of hydrogen-bond acceptors (Lipinski definition) is 5. The summed E-state index contributed by atoms with van der Waals surface area (Å²) in [4.78, 5) is 12.1. The number of benzene rings is 2. The molecule has 1 amide bonds. The highest BCUT2D eigenvalue weighted by atomic mass is 19.1. The van der Waals surface area contributed by atoms with E-state index >= 15 is 0 Å². The lowest BCUT2D eigenvalue weighted by molar-refractivity contribution is 0.102. The van der Waals surface area contributed by atoms with Crippen LogP contribution in [0.1, 0.15) is 16.1 Å². The van der Waals surface area contributed by atoms with Gasteiger partial charge in [-0.2, -0.15) is 5.26 Å². The lowest BCUT2D eigenvalue weighted by atomic mass is 10.2. The predicted octanol–water partition coefficient (Wildman–Crippen LogP) is 3.48. The number of rotatable bonds is 4. The molecule has 6 nitrogen and oxygen atoms in total. The molecule has 0 atom stereocenters. The van der Waals surface area contributed by atoms with Gasteiger partial charge in [-0.05, 0) is 48.5 Å². The summed E-state index contributed by atoms with van der Waals surface area (Å²) in [6.45, 7) is 0. The van der Waals surface area contributed by atoms with Gasteiger partial charge in [-0.1, -0.05) is 12.1 Å². The van der Waals surface area contributed by atoms with Crippen LogP contribution in [0.2, 0.25) is 0 Å². The van der Waals surface area contributed by atoms with Gasteiger partial charge in [0.1, 0.15) is 5.82 Å². The van der Waals surface area contributed by atoms with Crippen molar-refractivity contribution in [2.75, 3.05) is 10.6 Å². The lowest BCUT2D eigenvalue weighted by Crippen LogP contribution is -2.14. The van der Waals surface area contributed by atoms with Crippen molar-refractivity contribution in [1.82, 2.24) is 10.2 Å². The molecule has 0 saturated carbocycles. The van der Waals surface area contributed by atoms with Crippen molar-refractivity contribution in [1.29, 1.82) is 5.26 Å². The van der Waals surface area contributed by atoms with E-state index in [1.54, 1.807) is 36.4 Å². The lowest BCUT2D eigenvalue weighted by Gasteiger charge is -2.07. The van der Waals surface area contributed by atoms with Gasteiger partial charge in [0.05, 0.1) is 11.6 Å². The van der Waals surface area contributed by atoms with Crippen LogP contribution < -0.4 is 10.6 Å². The first-order chi connectivity index (χ1) is 12.1. The van der Waals surface area contributed by atoms with Gasteiger partial charge in [0, 0.05) is 11.4 Å². The molecule has 3 rings (SSSR count). The summed E-state index contributed by atoms with van der Waals surface area (Å²) in [6.07, 6.45) is 0. The molecular formula is C18H12FN5O. The van der Waals surface area contributed by atoms with Crippen molar-refractivity contribution >= 4 is 23.1 Å². The molecule has 0 aliphatic heterocycles. The molecule has 2 N–H and O–H groups in total. The average Bonchev–Trinajstić information content (AvgIpc) is 2.62. The molecule has 1 heterocycles. The van der Waals surface area contributed by atoms with E-state index in [4.69, 9.17) is 5.26 Å². The highest BCUT2D eigenvalue weighted by molar-refractivity contribution is 6.02.